The number of esters is 1. The summed E-state index contributed by atoms with van der Waals surface area (Å²) in [4.78, 5) is 37.9. The number of carbonyl (C=O) groups is 3. The van der Waals surface area contributed by atoms with Crippen LogP contribution in [0.15, 0.2) is 53.0 Å². The monoisotopic (exact) mass is 450 g/mol. The second kappa shape index (κ2) is 8.54. The number of rotatable bonds is 5. The number of hydrogen-bond donors (Lipinski definition) is 1. The second-order valence-electron chi connectivity index (χ2n) is 6.02. The zero-order chi connectivity index (χ0) is 19.4. The third-order valence-corrected chi connectivity index (χ3v) is 4.95. The third-order valence-electron chi connectivity index (χ3n) is 4.09. The first-order valence-electron chi connectivity index (χ1n) is 8.21. The van der Waals surface area contributed by atoms with Gasteiger partial charge in [0.15, 0.2) is 6.61 Å². The molecule has 8 heteroatoms. The Bertz CT molecular complexity index is 872. The average Bonchev–Trinajstić information content (AvgIpc) is 3.04. The van der Waals surface area contributed by atoms with Gasteiger partial charge < -0.3 is 15.0 Å². The van der Waals surface area contributed by atoms with E-state index in [1.807, 2.05) is 12.1 Å². The molecule has 0 spiro atoms. The van der Waals surface area contributed by atoms with Crippen molar-refractivity contribution in [1.29, 1.82) is 0 Å². The maximum atomic E-state index is 12.2. The largest absolute Gasteiger partial charge is 0.455 e. The summed E-state index contributed by atoms with van der Waals surface area (Å²) in [7, 11) is 0. The van der Waals surface area contributed by atoms with Crippen molar-refractivity contribution in [2.45, 2.75) is 6.42 Å². The first-order valence-corrected chi connectivity index (χ1v) is 9.38. The van der Waals surface area contributed by atoms with Gasteiger partial charge in [-0.15, -0.1) is 0 Å². The van der Waals surface area contributed by atoms with Gasteiger partial charge >= 0.3 is 5.97 Å². The summed E-state index contributed by atoms with van der Waals surface area (Å²) >= 11 is 9.31. The first kappa shape index (κ1) is 19.4. The predicted molar refractivity (Wildman–Crippen MR) is 106 cm³/mol. The molecule has 0 radical (unpaired) electrons. The number of nitrogens with one attached hydrogen (secondary N) is 1. The Morgan fingerprint density at radius 2 is 1.89 bits per heavy atom. The quantitative estimate of drug-likeness (QED) is 0.704. The summed E-state index contributed by atoms with van der Waals surface area (Å²) in [5.74, 6) is -1.82. The van der Waals surface area contributed by atoms with Gasteiger partial charge in [-0.2, -0.15) is 0 Å². The van der Waals surface area contributed by atoms with Crippen LogP contribution >= 0.6 is 27.5 Å². The molecule has 1 fully saturated rings. The van der Waals surface area contributed by atoms with E-state index >= 15 is 0 Å². The Labute approximate surface area is 169 Å². The minimum Gasteiger partial charge on any atom is -0.455 e. The van der Waals surface area contributed by atoms with E-state index in [9.17, 15) is 14.4 Å². The zero-order valence-corrected chi connectivity index (χ0v) is 16.5. The number of ether oxygens (including phenoxy) is 1. The van der Waals surface area contributed by atoms with Crippen molar-refractivity contribution in [1.82, 2.24) is 0 Å². The molecule has 1 saturated heterocycles. The number of para-hydroxylation sites is 1. The van der Waals surface area contributed by atoms with E-state index in [4.69, 9.17) is 16.3 Å². The molecule has 140 valence electrons. The topological polar surface area (TPSA) is 75.7 Å². The van der Waals surface area contributed by atoms with Gasteiger partial charge in [0.25, 0.3) is 5.91 Å². The molecular formula is C19H16BrClN2O4. The van der Waals surface area contributed by atoms with Gasteiger partial charge in [-0.1, -0.05) is 39.7 Å². The van der Waals surface area contributed by atoms with E-state index in [2.05, 4.69) is 21.2 Å². The van der Waals surface area contributed by atoms with Gasteiger partial charge in [-0.3, -0.25) is 14.4 Å². The van der Waals surface area contributed by atoms with Crippen molar-refractivity contribution in [2.24, 2.45) is 5.92 Å². The van der Waals surface area contributed by atoms with Gasteiger partial charge in [0, 0.05) is 23.1 Å². The highest BCUT2D eigenvalue weighted by molar-refractivity contribution is 9.10. The minimum absolute atomic E-state index is 0.0566. The van der Waals surface area contributed by atoms with Crippen molar-refractivity contribution in [3.05, 3.63) is 58.0 Å². The van der Waals surface area contributed by atoms with Gasteiger partial charge in [0.1, 0.15) is 0 Å². The molecule has 0 aromatic heterocycles. The number of anilines is 2. The lowest BCUT2D eigenvalue weighted by molar-refractivity contribution is -0.151. The molecule has 0 unspecified atom stereocenters. The Morgan fingerprint density at radius 3 is 2.59 bits per heavy atom. The molecule has 6 nitrogen and oxygen atoms in total. The molecular weight excluding hydrogens is 436 g/mol. The standard InChI is InChI=1S/C19H16BrClN2O4/c20-13-5-7-14(8-6-13)23-10-12(9-18(23)25)19(26)27-11-17(24)22-16-4-2-1-3-15(16)21/h1-8,12H,9-11H2,(H,22,24)/t12-/m1/s1. The molecule has 1 heterocycles. The molecule has 27 heavy (non-hydrogen) atoms. The lowest BCUT2D eigenvalue weighted by atomic mass is 10.1. The Hall–Kier alpha value is -2.38. The van der Waals surface area contributed by atoms with Gasteiger partial charge in [0.2, 0.25) is 5.91 Å². The highest BCUT2D eigenvalue weighted by atomic mass is 79.9. The predicted octanol–water partition coefficient (Wildman–Crippen LogP) is 3.64. The van der Waals surface area contributed by atoms with Crippen molar-refractivity contribution in [3.8, 4) is 0 Å². The van der Waals surface area contributed by atoms with Crippen LogP contribution in [0, 0.1) is 5.92 Å². The van der Waals surface area contributed by atoms with E-state index in [-0.39, 0.29) is 18.9 Å². The van der Waals surface area contributed by atoms with Crippen molar-refractivity contribution < 1.29 is 19.1 Å². The SMILES string of the molecule is O=C(COC(=O)[C@@H]1CC(=O)N(c2ccc(Br)cc2)C1)Nc1ccccc1Cl. The first-order chi connectivity index (χ1) is 12.9. The molecule has 2 amide bonds. The molecule has 1 aliphatic heterocycles. The van der Waals surface area contributed by atoms with E-state index in [1.54, 1.807) is 41.3 Å². The molecule has 2 aromatic carbocycles. The normalized spacial score (nSPS) is 16.3. The van der Waals surface area contributed by atoms with Crippen LogP contribution in [-0.2, 0) is 19.1 Å². The fourth-order valence-electron chi connectivity index (χ4n) is 2.74. The number of halogens is 2. The molecule has 0 aliphatic carbocycles. The van der Waals surface area contributed by atoms with Gasteiger partial charge in [0.05, 0.1) is 16.6 Å². The van der Waals surface area contributed by atoms with Crippen LogP contribution in [0.4, 0.5) is 11.4 Å². The van der Waals surface area contributed by atoms with Crippen LogP contribution in [0.25, 0.3) is 0 Å². The van der Waals surface area contributed by atoms with Crippen molar-refractivity contribution in [2.75, 3.05) is 23.4 Å². The van der Waals surface area contributed by atoms with Crippen LogP contribution in [0.2, 0.25) is 5.02 Å². The second-order valence-corrected chi connectivity index (χ2v) is 7.34. The van der Waals surface area contributed by atoms with Gasteiger partial charge in [-0.05, 0) is 36.4 Å². The lowest BCUT2D eigenvalue weighted by Crippen LogP contribution is -2.28. The van der Waals surface area contributed by atoms with Crippen LogP contribution in [-0.4, -0.2) is 30.9 Å². The van der Waals surface area contributed by atoms with Crippen LogP contribution < -0.4 is 10.2 Å². The lowest BCUT2D eigenvalue weighted by Gasteiger charge is -2.16. The third kappa shape index (κ3) is 4.87. The molecule has 0 saturated carbocycles. The fourth-order valence-corrected chi connectivity index (χ4v) is 3.19. The molecule has 0 bridgehead atoms. The van der Waals surface area contributed by atoms with E-state index < -0.39 is 24.4 Å². The molecule has 1 aliphatic rings. The summed E-state index contributed by atoms with van der Waals surface area (Å²) in [6.07, 6.45) is 0.0566. The van der Waals surface area contributed by atoms with Crippen LogP contribution in [0.5, 0.6) is 0 Å². The summed E-state index contributed by atoms with van der Waals surface area (Å²) < 4.78 is 5.97. The Morgan fingerprint density at radius 1 is 1.19 bits per heavy atom. The van der Waals surface area contributed by atoms with Crippen LogP contribution in [0.1, 0.15) is 6.42 Å². The number of amides is 2. The summed E-state index contributed by atoms with van der Waals surface area (Å²) in [5.41, 5.74) is 1.16. The zero-order valence-electron chi connectivity index (χ0n) is 14.2. The Kier molecular flexibility index (Phi) is 6.13. The molecule has 1 atom stereocenters. The van der Waals surface area contributed by atoms with Gasteiger partial charge in [-0.25, -0.2) is 0 Å². The molecule has 2 aromatic rings. The molecule has 1 N–H and O–H groups in total. The fraction of sp³-hybridized carbons (Fsp3) is 0.211. The summed E-state index contributed by atoms with van der Waals surface area (Å²) in [6.45, 7) is -0.210. The molecule has 3 rings (SSSR count). The number of nitrogens with zero attached hydrogens (tertiary/aromatic N) is 1. The maximum Gasteiger partial charge on any atom is 0.311 e. The smallest absolute Gasteiger partial charge is 0.311 e. The number of benzene rings is 2. The van der Waals surface area contributed by atoms with E-state index in [0.29, 0.717) is 10.7 Å². The highest BCUT2D eigenvalue weighted by Gasteiger charge is 2.36. The summed E-state index contributed by atoms with van der Waals surface area (Å²) in [6, 6.07) is 14.0. The highest BCUT2D eigenvalue weighted by Crippen LogP contribution is 2.27. The van der Waals surface area contributed by atoms with Crippen molar-refractivity contribution >= 4 is 56.7 Å². The van der Waals surface area contributed by atoms with E-state index in [0.717, 1.165) is 10.2 Å². The average molecular weight is 452 g/mol. The summed E-state index contributed by atoms with van der Waals surface area (Å²) in [5, 5.41) is 2.97. The van der Waals surface area contributed by atoms with Crippen LogP contribution in [0.3, 0.4) is 0 Å². The minimum atomic E-state index is -0.603. The van der Waals surface area contributed by atoms with E-state index in [1.165, 1.54) is 0 Å². The number of carbonyl (C=O) groups excluding carboxylic acids is 3. The number of hydrogen-bond acceptors (Lipinski definition) is 4. The Balaban J connectivity index is 1.53. The maximum absolute atomic E-state index is 12.2. The van der Waals surface area contributed by atoms with Crippen molar-refractivity contribution in [3.63, 3.8) is 0 Å².